The van der Waals surface area contributed by atoms with Crippen molar-refractivity contribution in [2.75, 3.05) is 69.0 Å². The van der Waals surface area contributed by atoms with Crippen LogP contribution in [0, 0.1) is 0 Å². The Hall–Kier alpha value is -6.90. The van der Waals surface area contributed by atoms with Gasteiger partial charge in [0.05, 0.1) is 80.5 Å². The normalized spacial score (nSPS) is 14.3. The molecule has 0 radical (unpaired) electrons. The van der Waals surface area contributed by atoms with E-state index in [1.165, 1.54) is 26.2 Å². The fourth-order valence-corrected chi connectivity index (χ4v) is 11.8. The number of nitrogens with one attached hydrogen (secondary N) is 7. The third-order valence-electron chi connectivity index (χ3n) is 14.9. The van der Waals surface area contributed by atoms with E-state index in [4.69, 9.17) is 14.5 Å². The van der Waals surface area contributed by atoms with Crippen LogP contribution in [0.15, 0.2) is 193 Å². The number of para-hydroxylation sites is 3. The van der Waals surface area contributed by atoms with Crippen molar-refractivity contribution >= 4 is 127 Å². The molecule has 4 aliphatic heterocycles. The van der Waals surface area contributed by atoms with Gasteiger partial charge >= 0.3 is 0 Å². The minimum atomic E-state index is 0. The van der Waals surface area contributed by atoms with Gasteiger partial charge in [-0.3, -0.25) is 31.0 Å². The van der Waals surface area contributed by atoms with Crippen molar-refractivity contribution in [3.63, 3.8) is 0 Å². The molecule has 0 spiro atoms. The molecule has 83 heavy (non-hydrogen) atoms. The van der Waals surface area contributed by atoms with Gasteiger partial charge in [0.25, 0.3) is 0 Å². The number of nitrogens with two attached hydrogens (primary N) is 1. The summed E-state index contributed by atoms with van der Waals surface area (Å²) in [5.41, 5.74) is 23.7. The molecular weight excluding hydrogens is 1260 g/mol. The number of H-pyrrole nitrogens is 3. The first-order valence-corrected chi connectivity index (χ1v) is 30.3. The van der Waals surface area contributed by atoms with E-state index in [-0.39, 0.29) is 12.4 Å². The Morgan fingerprint density at radius 1 is 0.494 bits per heavy atom. The van der Waals surface area contributed by atoms with Crippen LogP contribution in [-0.4, -0.2) is 67.5 Å². The number of benzene rings is 6. The van der Waals surface area contributed by atoms with Gasteiger partial charge in [-0.05, 0) is 85.6 Å². The molecule has 3 aromatic heterocycles. The topological polar surface area (TPSA) is 169 Å². The Morgan fingerprint density at radius 3 is 1.18 bits per heavy atom. The molecule has 1 fully saturated rings. The summed E-state index contributed by atoms with van der Waals surface area (Å²) in [4.78, 5) is 43.5. The molecule has 426 valence electrons. The van der Waals surface area contributed by atoms with Crippen LogP contribution >= 0.6 is 60.2 Å². The largest absolute Gasteiger partial charge is 0.353 e. The second kappa shape index (κ2) is 27.2. The molecule has 6 aromatic carbocycles. The van der Waals surface area contributed by atoms with Gasteiger partial charge < -0.3 is 25.2 Å². The summed E-state index contributed by atoms with van der Waals surface area (Å²) in [6.07, 6.45) is 4.21. The van der Waals surface area contributed by atoms with Crippen molar-refractivity contribution in [1.82, 2.24) is 15.0 Å². The van der Waals surface area contributed by atoms with E-state index < -0.39 is 0 Å². The number of nitrogens with zero attached hydrogens (tertiary/aromatic N) is 3. The van der Waals surface area contributed by atoms with E-state index >= 15 is 0 Å². The van der Waals surface area contributed by atoms with Gasteiger partial charge in [-0.1, -0.05) is 149 Å². The molecule has 18 heteroatoms. The van der Waals surface area contributed by atoms with E-state index in [9.17, 15) is 0 Å². The summed E-state index contributed by atoms with van der Waals surface area (Å²) in [6.45, 7) is 24.7. The lowest BCUT2D eigenvalue weighted by Gasteiger charge is -2.22. The molecule has 9 aromatic rings. The molecule has 0 unspecified atom stereocenters. The highest BCUT2D eigenvalue weighted by atomic mass is 79.9. The number of aromatic amines is 3. The molecule has 0 saturated carbocycles. The second-order valence-electron chi connectivity index (χ2n) is 20.5. The lowest BCUT2D eigenvalue weighted by atomic mass is 10.1. The van der Waals surface area contributed by atoms with Crippen LogP contribution in [0.2, 0.25) is 0 Å². The number of hydrogen-bond acceptors (Lipinski definition) is 9. The molecule has 1 saturated heterocycles. The molecule has 7 heterocycles. The number of unbranched alkanes of at least 4 members (excludes halogenated alkanes) is 2. The minimum absolute atomic E-state index is 0. The fourth-order valence-electron chi connectivity index (χ4n) is 10.8. The standard InChI is InChI=1S/C23H24BrN5O.2C21H20BrN3O.ClH/c1-15-21(18-14-16(24)6-7-20(18)26-15)23-22(17-4-2-3-5-19(17)27-23)28-30-13-12-29-10-8-25-9-11-29;2*1-3-4-11-26-25-20-15-7-5-6-8-17(15)24-21(20)19-13(2)23-18-10-9-14(22)12-16(18)19;/h2-7,14,25,27-28H,1,8-13H2;2*5-10,12,24-25H,2-4,11H2,1H3;1H/p+2. The Bertz CT molecular complexity index is 4160. The Labute approximate surface area is 512 Å². The monoisotopic (exact) mass is 1320 g/mol. The Balaban J connectivity index is 0.000000139. The lowest BCUT2D eigenvalue weighted by molar-refractivity contribution is -0.946. The van der Waals surface area contributed by atoms with E-state index in [0.29, 0.717) is 19.8 Å². The third-order valence-corrected chi connectivity index (χ3v) is 16.3. The number of halogens is 4. The van der Waals surface area contributed by atoms with Gasteiger partial charge in [0.15, 0.2) is 0 Å². The van der Waals surface area contributed by atoms with E-state index in [0.717, 1.165) is 178 Å². The van der Waals surface area contributed by atoms with Crippen LogP contribution in [0.25, 0.3) is 49.4 Å². The number of hydrogen-bond donors (Lipinski definition) is 8. The van der Waals surface area contributed by atoms with Gasteiger partial charge in [0.1, 0.15) is 39.3 Å². The molecule has 0 aliphatic carbocycles. The van der Waals surface area contributed by atoms with E-state index in [1.807, 2.05) is 72.8 Å². The first-order valence-electron chi connectivity index (χ1n) is 27.9. The molecular formula is C65H67Br3ClN11O3+2. The van der Waals surface area contributed by atoms with Crippen LogP contribution < -0.4 is 58.4 Å². The average Bonchev–Trinajstić information content (AvgIpc) is 4.19. The number of rotatable bonds is 18. The molecule has 0 bridgehead atoms. The summed E-state index contributed by atoms with van der Waals surface area (Å²) >= 11 is 10.7. The van der Waals surface area contributed by atoms with Gasteiger partial charge in [-0.25, -0.2) is 15.0 Å². The minimum Gasteiger partial charge on any atom is -0.353 e. The van der Waals surface area contributed by atoms with Gasteiger partial charge in [0.2, 0.25) is 0 Å². The zero-order valence-corrected chi connectivity index (χ0v) is 52.0. The van der Waals surface area contributed by atoms with E-state index in [2.05, 4.69) is 188 Å². The van der Waals surface area contributed by atoms with Gasteiger partial charge in [-0.15, -0.1) is 12.4 Å². The van der Waals surface area contributed by atoms with Crippen molar-refractivity contribution in [2.45, 2.75) is 39.5 Å². The summed E-state index contributed by atoms with van der Waals surface area (Å²) in [5, 5.41) is 11.6. The maximum atomic E-state index is 5.95. The van der Waals surface area contributed by atoms with Crippen LogP contribution in [-0.2, 0) is 14.5 Å². The second-order valence-corrected chi connectivity index (χ2v) is 23.2. The Kier molecular flexibility index (Phi) is 19.4. The predicted octanol–water partition coefficient (Wildman–Crippen LogP) is 9.34. The Morgan fingerprint density at radius 2 is 0.831 bits per heavy atom. The maximum absolute atomic E-state index is 5.95. The number of allylic oxidation sites excluding steroid dienone is 3. The molecule has 9 N–H and O–H groups in total. The van der Waals surface area contributed by atoms with Crippen molar-refractivity contribution in [1.29, 1.82) is 0 Å². The molecule has 0 atom stereocenters. The number of fused-ring (bicyclic) bond motifs is 6. The van der Waals surface area contributed by atoms with Crippen molar-refractivity contribution in [3.8, 4) is 0 Å². The maximum Gasteiger partial charge on any atom is 0.127 e. The third kappa shape index (κ3) is 12.9. The highest BCUT2D eigenvalue weighted by Gasteiger charge is 2.25. The van der Waals surface area contributed by atoms with Crippen LogP contribution in [0.5, 0.6) is 0 Å². The van der Waals surface area contributed by atoms with Gasteiger partial charge in [0, 0.05) is 78.5 Å². The van der Waals surface area contributed by atoms with Crippen LogP contribution in [0.3, 0.4) is 0 Å². The smallest absolute Gasteiger partial charge is 0.127 e. The summed E-state index contributed by atoms with van der Waals surface area (Å²) in [7, 11) is 0. The van der Waals surface area contributed by atoms with Crippen molar-refractivity contribution in [2.24, 2.45) is 15.0 Å². The van der Waals surface area contributed by atoms with Crippen LogP contribution in [0.1, 0.15) is 56.6 Å². The quantitative estimate of drug-likeness (QED) is 0.0315. The number of quaternary nitrogens is 2. The molecule has 0 amide bonds. The SMILES string of the molecule is C=C1N=c2ccc(Br)cc2=C1c1[nH]c2ccccc2c1NOCCCC.C=C1N=c2ccc(Br)cc2=C1c1[nH]c2ccccc2c1NOCCCC.C=C1N=c2ccc(Br)cc2=C1c1[nH]c2ccccc2c1NOCC[NH+]1CC[NH2+]CC1.Cl. The first-order chi connectivity index (χ1) is 40.1. The highest BCUT2D eigenvalue weighted by Crippen LogP contribution is 2.38. The molecule has 13 rings (SSSR count). The summed E-state index contributed by atoms with van der Waals surface area (Å²) in [5.74, 6) is 0. The molecule has 14 nitrogen and oxygen atoms in total. The lowest BCUT2D eigenvalue weighted by Crippen LogP contribution is -3.20. The summed E-state index contributed by atoms with van der Waals surface area (Å²) < 4.78 is 3.05. The zero-order valence-electron chi connectivity index (χ0n) is 46.4. The fraction of sp³-hybridized carbons (Fsp3) is 0.215. The predicted molar refractivity (Wildman–Crippen MR) is 348 cm³/mol. The van der Waals surface area contributed by atoms with Gasteiger partial charge in [-0.2, -0.15) is 0 Å². The first kappa shape index (κ1) is 59.3. The van der Waals surface area contributed by atoms with Crippen LogP contribution in [0.4, 0.5) is 17.1 Å². The number of piperazine rings is 1. The average molecular weight is 1330 g/mol. The number of aromatic nitrogens is 3. The van der Waals surface area contributed by atoms with Crippen molar-refractivity contribution < 1.29 is 24.7 Å². The van der Waals surface area contributed by atoms with E-state index in [1.54, 1.807) is 4.90 Å². The summed E-state index contributed by atoms with van der Waals surface area (Å²) in [6, 6.07) is 42.9. The molecule has 4 aliphatic rings. The highest BCUT2D eigenvalue weighted by molar-refractivity contribution is 9.11. The number of anilines is 3. The van der Waals surface area contributed by atoms with Crippen molar-refractivity contribution in [3.05, 3.63) is 226 Å². The zero-order chi connectivity index (χ0) is 56.7.